The van der Waals surface area contributed by atoms with Gasteiger partial charge in [-0.25, -0.2) is 0 Å². The Balaban J connectivity index is 1.72. The zero-order chi connectivity index (χ0) is 16.9. The molecule has 2 rings (SSSR count). The largest absolute Gasteiger partial charge is 0.497 e. The van der Waals surface area contributed by atoms with E-state index in [0.717, 1.165) is 38.2 Å². The molecule has 6 heteroatoms. The lowest BCUT2D eigenvalue weighted by Gasteiger charge is -2.20. The first kappa shape index (κ1) is 18.1. The molecule has 0 aliphatic carbocycles. The third kappa shape index (κ3) is 6.39. The van der Waals surface area contributed by atoms with Crippen molar-refractivity contribution in [2.45, 2.75) is 38.5 Å². The van der Waals surface area contributed by atoms with E-state index in [1.165, 1.54) is 5.56 Å². The molecule has 1 heterocycles. The zero-order valence-corrected chi connectivity index (χ0v) is 13.7. The highest BCUT2D eigenvalue weighted by molar-refractivity contribution is 5.27. The van der Waals surface area contributed by atoms with E-state index in [1.54, 1.807) is 7.11 Å². The van der Waals surface area contributed by atoms with Crippen LogP contribution in [0.1, 0.15) is 25.3 Å². The summed E-state index contributed by atoms with van der Waals surface area (Å²) < 4.78 is 41.8. The molecule has 2 atom stereocenters. The second kappa shape index (κ2) is 8.02. The molecule has 0 radical (unpaired) electrons. The molecule has 130 valence electrons. The van der Waals surface area contributed by atoms with Gasteiger partial charge in [-0.2, -0.15) is 13.2 Å². The highest BCUT2D eigenvalue weighted by Crippen LogP contribution is 2.24. The summed E-state index contributed by atoms with van der Waals surface area (Å²) in [6.07, 6.45) is -2.30. The standard InChI is InChI=1S/C17H25F3N2O/c1-13(21-12-17(18,19)20)9-15-7-8-22(11-15)10-14-3-5-16(23-2)6-4-14/h3-6,13,15,21H,7-12H2,1-2H3. The minimum absolute atomic E-state index is 0.109. The van der Waals surface area contributed by atoms with Crippen LogP contribution in [0.15, 0.2) is 24.3 Å². The number of ether oxygens (including phenoxy) is 1. The Labute approximate surface area is 135 Å². The smallest absolute Gasteiger partial charge is 0.401 e. The molecule has 1 aromatic rings. The number of rotatable bonds is 7. The van der Waals surface area contributed by atoms with Gasteiger partial charge in [0.25, 0.3) is 0 Å². The summed E-state index contributed by atoms with van der Waals surface area (Å²) in [6.45, 7) is 3.76. The van der Waals surface area contributed by atoms with Gasteiger partial charge in [-0.15, -0.1) is 0 Å². The van der Waals surface area contributed by atoms with Crippen molar-refractivity contribution < 1.29 is 17.9 Å². The molecule has 2 unspecified atom stereocenters. The summed E-state index contributed by atoms with van der Waals surface area (Å²) in [4.78, 5) is 2.36. The maximum atomic E-state index is 12.2. The zero-order valence-electron chi connectivity index (χ0n) is 13.7. The first-order valence-corrected chi connectivity index (χ1v) is 8.01. The van der Waals surface area contributed by atoms with Crippen molar-refractivity contribution in [2.24, 2.45) is 5.92 Å². The third-order valence-corrected chi connectivity index (χ3v) is 4.27. The molecule has 1 aliphatic heterocycles. The Morgan fingerprint density at radius 2 is 2.00 bits per heavy atom. The lowest BCUT2D eigenvalue weighted by Crippen LogP contribution is -2.36. The molecule has 23 heavy (non-hydrogen) atoms. The van der Waals surface area contributed by atoms with Crippen LogP contribution in [0.4, 0.5) is 13.2 Å². The molecule has 0 saturated carbocycles. The number of benzene rings is 1. The Kier molecular flexibility index (Phi) is 6.30. The van der Waals surface area contributed by atoms with E-state index in [-0.39, 0.29) is 6.04 Å². The van der Waals surface area contributed by atoms with Gasteiger partial charge < -0.3 is 10.1 Å². The number of halogens is 3. The van der Waals surface area contributed by atoms with Gasteiger partial charge in [-0.3, -0.25) is 4.90 Å². The monoisotopic (exact) mass is 330 g/mol. The fraction of sp³-hybridized carbons (Fsp3) is 0.647. The summed E-state index contributed by atoms with van der Waals surface area (Å²) in [7, 11) is 1.65. The SMILES string of the molecule is COc1ccc(CN2CCC(CC(C)NCC(F)(F)F)C2)cc1. The number of hydrogen-bond acceptors (Lipinski definition) is 3. The van der Waals surface area contributed by atoms with E-state index in [0.29, 0.717) is 5.92 Å². The van der Waals surface area contributed by atoms with E-state index < -0.39 is 12.7 Å². The van der Waals surface area contributed by atoms with Crippen molar-refractivity contribution in [3.05, 3.63) is 29.8 Å². The van der Waals surface area contributed by atoms with Gasteiger partial charge in [0.15, 0.2) is 0 Å². The first-order valence-electron chi connectivity index (χ1n) is 8.01. The minimum atomic E-state index is -4.13. The van der Waals surface area contributed by atoms with Crippen LogP contribution in [0.3, 0.4) is 0 Å². The Morgan fingerprint density at radius 3 is 2.61 bits per heavy atom. The average molecular weight is 330 g/mol. The van der Waals surface area contributed by atoms with Gasteiger partial charge in [0.05, 0.1) is 13.7 Å². The second-order valence-corrected chi connectivity index (χ2v) is 6.37. The Bertz CT molecular complexity index is 476. The van der Waals surface area contributed by atoms with Crippen molar-refractivity contribution in [3.63, 3.8) is 0 Å². The maximum absolute atomic E-state index is 12.2. The Hall–Kier alpha value is -1.27. The first-order chi connectivity index (χ1) is 10.9. The fourth-order valence-corrected chi connectivity index (χ4v) is 3.11. The molecule has 0 spiro atoms. The molecule has 1 fully saturated rings. The number of nitrogens with zero attached hydrogens (tertiary/aromatic N) is 1. The van der Waals surface area contributed by atoms with Crippen LogP contribution in [0.25, 0.3) is 0 Å². The van der Waals surface area contributed by atoms with E-state index in [4.69, 9.17) is 4.74 Å². The van der Waals surface area contributed by atoms with Gasteiger partial charge >= 0.3 is 6.18 Å². The summed E-state index contributed by atoms with van der Waals surface area (Å²) in [5, 5.41) is 2.57. The van der Waals surface area contributed by atoms with Gasteiger partial charge in [0.1, 0.15) is 5.75 Å². The van der Waals surface area contributed by atoms with Crippen LogP contribution < -0.4 is 10.1 Å². The second-order valence-electron chi connectivity index (χ2n) is 6.37. The molecule has 1 saturated heterocycles. The van der Waals surface area contributed by atoms with Crippen molar-refractivity contribution in [2.75, 3.05) is 26.7 Å². The number of hydrogen-bond donors (Lipinski definition) is 1. The van der Waals surface area contributed by atoms with Gasteiger partial charge in [0, 0.05) is 19.1 Å². The summed E-state index contributed by atoms with van der Waals surface area (Å²) in [5.74, 6) is 1.31. The van der Waals surface area contributed by atoms with Crippen molar-refractivity contribution >= 4 is 0 Å². The molecule has 1 N–H and O–H groups in total. The van der Waals surface area contributed by atoms with Crippen LogP contribution >= 0.6 is 0 Å². The number of methoxy groups -OCH3 is 1. The summed E-state index contributed by atoms with van der Waals surface area (Å²) in [5.41, 5.74) is 1.23. The number of alkyl halides is 3. The molecule has 0 aromatic heterocycles. The van der Waals surface area contributed by atoms with E-state index in [1.807, 2.05) is 19.1 Å². The van der Waals surface area contributed by atoms with Crippen LogP contribution in [-0.4, -0.2) is 43.9 Å². The lowest BCUT2D eigenvalue weighted by atomic mass is 10.00. The Morgan fingerprint density at radius 1 is 1.30 bits per heavy atom. The number of likely N-dealkylation sites (tertiary alicyclic amines) is 1. The van der Waals surface area contributed by atoms with Crippen molar-refractivity contribution in [1.82, 2.24) is 10.2 Å². The third-order valence-electron chi connectivity index (χ3n) is 4.27. The molecule has 1 aromatic carbocycles. The summed E-state index contributed by atoms with van der Waals surface area (Å²) in [6, 6.07) is 7.90. The maximum Gasteiger partial charge on any atom is 0.401 e. The van der Waals surface area contributed by atoms with Crippen molar-refractivity contribution in [1.29, 1.82) is 0 Å². The molecular weight excluding hydrogens is 305 g/mol. The fourth-order valence-electron chi connectivity index (χ4n) is 3.11. The van der Waals surface area contributed by atoms with Crippen LogP contribution in [0.5, 0.6) is 5.75 Å². The van der Waals surface area contributed by atoms with Gasteiger partial charge in [0.2, 0.25) is 0 Å². The highest BCUT2D eigenvalue weighted by atomic mass is 19.4. The van der Waals surface area contributed by atoms with Gasteiger partial charge in [-0.1, -0.05) is 12.1 Å². The van der Waals surface area contributed by atoms with Crippen LogP contribution in [0, 0.1) is 5.92 Å². The predicted molar refractivity (Wildman–Crippen MR) is 84.5 cm³/mol. The average Bonchev–Trinajstić information content (AvgIpc) is 2.92. The predicted octanol–water partition coefficient (Wildman–Crippen LogP) is 3.45. The van der Waals surface area contributed by atoms with E-state index >= 15 is 0 Å². The van der Waals surface area contributed by atoms with Gasteiger partial charge in [-0.05, 0) is 49.9 Å². The van der Waals surface area contributed by atoms with E-state index in [2.05, 4.69) is 22.3 Å². The van der Waals surface area contributed by atoms with Crippen LogP contribution in [-0.2, 0) is 6.54 Å². The normalized spacial score (nSPS) is 20.7. The molecule has 3 nitrogen and oxygen atoms in total. The number of nitrogens with one attached hydrogen (secondary N) is 1. The quantitative estimate of drug-likeness (QED) is 0.829. The highest BCUT2D eigenvalue weighted by Gasteiger charge is 2.29. The molecular formula is C17H25F3N2O. The topological polar surface area (TPSA) is 24.5 Å². The summed E-state index contributed by atoms with van der Waals surface area (Å²) >= 11 is 0. The lowest BCUT2D eigenvalue weighted by molar-refractivity contribution is -0.126. The molecule has 1 aliphatic rings. The minimum Gasteiger partial charge on any atom is -0.497 e. The molecule has 0 amide bonds. The van der Waals surface area contributed by atoms with Crippen LogP contribution in [0.2, 0.25) is 0 Å². The van der Waals surface area contributed by atoms with E-state index in [9.17, 15) is 13.2 Å². The molecule has 0 bridgehead atoms. The van der Waals surface area contributed by atoms with Crippen molar-refractivity contribution in [3.8, 4) is 5.75 Å².